The highest BCUT2D eigenvalue weighted by Crippen LogP contribution is 2.31. The van der Waals surface area contributed by atoms with Crippen molar-refractivity contribution in [1.29, 1.82) is 0 Å². The number of carboxylic acid groups (broad SMARTS) is 1. The number of carbonyl (C=O) groups is 1. The molecule has 2 fully saturated rings. The number of piperidine rings is 1. The number of aryl methyl sites for hydroxylation is 2. The minimum atomic E-state index is -0.769. The molecule has 1 saturated heterocycles. The molecule has 0 spiro atoms. The Morgan fingerprint density at radius 1 is 1.21 bits per heavy atom. The molecule has 0 aromatic carbocycles. The van der Waals surface area contributed by atoms with Crippen LogP contribution >= 0.6 is 0 Å². The Labute approximate surface area is 144 Å². The molecule has 0 amide bonds. The van der Waals surface area contributed by atoms with Crippen molar-refractivity contribution in [3.8, 4) is 0 Å². The number of rotatable bonds is 5. The first-order valence-corrected chi connectivity index (χ1v) is 9.42. The lowest BCUT2D eigenvalue weighted by molar-refractivity contribution is -0.136. The van der Waals surface area contributed by atoms with Crippen molar-refractivity contribution in [3.05, 3.63) is 23.3 Å². The van der Waals surface area contributed by atoms with E-state index in [1.165, 1.54) is 51.5 Å². The molecule has 2 heterocycles. The van der Waals surface area contributed by atoms with E-state index in [2.05, 4.69) is 14.9 Å². The summed E-state index contributed by atoms with van der Waals surface area (Å²) in [6.07, 6.45) is 9.87. The van der Waals surface area contributed by atoms with E-state index in [-0.39, 0.29) is 6.42 Å². The Bertz CT molecular complexity index is 570. The number of hydrogen-bond acceptors (Lipinski definition) is 4. The van der Waals surface area contributed by atoms with Crippen LogP contribution in [0, 0.1) is 6.92 Å². The molecule has 0 radical (unpaired) electrons. The standard InChI is InChI=1S/C19H29N3O2/c1-14-20-16(9-10-19(23)24)12-18(21-14)15-6-5-11-22(13-15)17-7-3-2-4-8-17/h12,15,17H,2-11,13H2,1H3,(H,23,24). The average molecular weight is 331 g/mol. The zero-order valence-corrected chi connectivity index (χ0v) is 14.7. The molecular weight excluding hydrogens is 302 g/mol. The second-order valence-electron chi connectivity index (χ2n) is 7.35. The monoisotopic (exact) mass is 331 g/mol. The lowest BCUT2D eigenvalue weighted by atomic mass is 9.88. The number of nitrogens with zero attached hydrogens (tertiary/aromatic N) is 3. The molecule has 1 aliphatic heterocycles. The Morgan fingerprint density at radius 2 is 2.00 bits per heavy atom. The van der Waals surface area contributed by atoms with Crippen molar-refractivity contribution in [2.75, 3.05) is 13.1 Å². The van der Waals surface area contributed by atoms with Gasteiger partial charge in [-0.2, -0.15) is 0 Å². The molecule has 24 heavy (non-hydrogen) atoms. The maximum Gasteiger partial charge on any atom is 0.303 e. The van der Waals surface area contributed by atoms with E-state index in [1.807, 2.05) is 13.0 Å². The van der Waals surface area contributed by atoms with Gasteiger partial charge in [-0.25, -0.2) is 9.97 Å². The van der Waals surface area contributed by atoms with E-state index >= 15 is 0 Å². The minimum Gasteiger partial charge on any atom is -0.481 e. The SMILES string of the molecule is Cc1nc(CCC(=O)O)cc(C2CCCN(C3CCCCC3)C2)n1. The van der Waals surface area contributed by atoms with Gasteiger partial charge < -0.3 is 5.11 Å². The Balaban J connectivity index is 1.69. The zero-order chi connectivity index (χ0) is 16.9. The van der Waals surface area contributed by atoms with Gasteiger partial charge in [-0.1, -0.05) is 19.3 Å². The van der Waals surface area contributed by atoms with E-state index in [4.69, 9.17) is 5.11 Å². The minimum absolute atomic E-state index is 0.134. The second kappa shape index (κ2) is 8.06. The first-order valence-electron chi connectivity index (χ1n) is 9.42. The van der Waals surface area contributed by atoms with Crippen molar-refractivity contribution in [2.45, 2.75) is 76.7 Å². The fourth-order valence-corrected chi connectivity index (χ4v) is 4.25. The van der Waals surface area contributed by atoms with E-state index in [1.54, 1.807) is 0 Å². The Hall–Kier alpha value is -1.49. The van der Waals surface area contributed by atoms with E-state index in [0.717, 1.165) is 29.8 Å². The van der Waals surface area contributed by atoms with Crippen LogP contribution < -0.4 is 0 Å². The van der Waals surface area contributed by atoms with Gasteiger partial charge in [0.2, 0.25) is 0 Å². The summed E-state index contributed by atoms with van der Waals surface area (Å²) in [6.45, 7) is 4.23. The summed E-state index contributed by atoms with van der Waals surface area (Å²) in [6, 6.07) is 2.81. The summed E-state index contributed by atoms with van der Waals surface area (Å²) in [5.74, 6) is 0.461. The quantitative estimate of drug-likeness (QED) is 0.896. The topological polar surface area (TPSA) is 66.3 Å². The largest absolute Gasteiger partial charge is 0.481 e. The second-order valence-corrected chi connectivity index (χ2v) is 7.35. The lowest BCUT2D eigenvalue weighted by Gasteiger charge is -2.40. The van der Waals surface area contributed by atoms with Crippen molar-refractivity contribution >= 4 is 5.97 Å². The summed E-state index contributed by atoms with van der Waals surface area (Å²) in [5, 5.41) is 8.89. The average Bonchev–Trinajstić information content (AvgIpc) is 2.60. The van der Waals surface area contributed by atoms with Gasteiger partial charge in [0.15, 0.2) is 0 Å². The molecule has 1 aromatic heterocycles. The van der Waals surface area contributed by atoms with Crippen LogP contribution in [-0.2, 0) is 11.2 Å². The van der Waals surface area contributed by atoms with Crippen LogP contribution in [0.1, 0.15) is 74.5 Å². The fraction of sp³-hybridized carbons (Fsp3) is 0.737. The van der Waals surface area contributed by atoms with E-state index < -0.39 is 5.97 Å². The summed E-state index contributed by atoms with van der Waals surface area (Å²) in [4.78, 5) is 22.6. The predicted octanol–water partition coefficient (Wildman–Crippen LogP) is 3.31. The summed E-state index contributed by atoms with van der Waals surface area (Å²) in [5.41, 5.74) is 1.98. The van der Waals surface area contributed by atoms with Crippen molar-refractivity contribution in [3.63, 3.8) is 0 Å². The number of likely N-dealkylation sites (tertiary alicyclic amines) is 1. The number of hydrogen-bond donors (Lipinski definition) is 1. The van der Waals surface area contributed by atoms with Gasteiger partial charge in [-0.15, -0.1) is 0 Å². The third-order valence-electron chi connectivity index (χ3n) is 5.47. The number of carboxylic acids is 1. The third-order valence-corrected chi connectivity index (χ3v) is 5.47. The molecule has 0 bridgehead atoms. The number of aromatic nitrogens is 2. The summed E-state index contributed by atoms with van der Waals surface area (Å²) < 4.78 is 0. The molecule has 1 atom stereocenters. The van der Waals surface area contributed by atoms with Crippen LogP contribution in [0.3, 0.4) is 0 Å². The van der Waals surface area contributed by atoms with Gasteiger partial charge in [-0.05, 0) is 45.2 Å². The molecule has 1 saturated carbocycles. The van der Waals surface area contributed by atoms with Crippen molar-refractivity contribution in [1.82, 2.24) is 14.9 Å². The maximum atomic E-state index is 10.8. The number of aliphatic carboxylic acids is 1. The first-order chi connectivity index (χ1) is 11.6. The van der Waals surface area contributed by atoms with Gasteiger partial charge in [0.05, 0.1) is 6.42 Å². The molecular formula is C19H29N3O2. The van der Waals surface area contributed by atoms with Crippen LogP contribution in [0.15, 0.2) is 6.07 Å². The molecule has 1 N–H and O–H groups in total. The van der Waals surface area contributed by atoms with Gasteiger partial charge in [0.1, 0.15) is 5.82 Å². The van der Waals surface area contributed by atoms with Crippen LogP contribution in [0.4, 0.5) is 0 Å². The van der Waals surface area contributed by atoms with Crippen LogP contribution in [0.25, 0.3) is 0 Å². The van der Waals surface area contributed by atoms with Crippen LogP contribution in [0.2, 0.25) is 0 Å². The Morgan fingerprint density at radius 3 is 2.75 bits per heavy atom. The van der Waals surface area contributed by atoms with E-state index in [9.17, 15) is 4.79 Å². The van der Waals surface area contributed by atoms with Crippen molar-refractivity contribution in [2.24, 2.45) is 0 Å². The molecule has 3 rings (SSSR count). The normalized spacial score (nSPS) is 23.3. The molecule has 1 aliphatic carbocycles. The molecule has 5 nitrogen and oxygen atoms in total. The van der Waals surface area contributed by atoms with Gasteiger partial charge >= 0.3 is 5.97 Å². The smallest absolute Gasteiger partial charge is 0.303 e. The third kappa shape index (κ3) is 4.53. The lowest BCUT2D eigenvalue weighted by Crippen LogP contribution is -2.43. The van der Waals surface area contributed by atoms with E-state index in [0.29, 0.717) is 12.3 Å². The molecule has 1 aromatic rings. The summed E-state index contributed by atoms with van der Waals surface area (Å²) in [7, 11) is 0. The molecule has 2 aliphatic rings. The van der Waals surface area contributed by atoms with Gasteiger partial charge in [0.25, 0.3) is 0 Å². The first kappa shape index (κ1) is 17.3. The molecule has 1 unspecified atom stereocenters. The summed E-state index contributed by atoms with van der Waals surface area (Å²) >= 11 is 0. The highest BCUT2D eigenvalue weighted by molar-refractivity contribution is 5.66. The molecule has 132 valence electrons. The highest BCUT2D eigenvalue weighted by Gasteiger charge is 2.28. The Kier molecular flexibility index (Phi) is 5.82. The van der Waals surface area contributed by atoms with Gasteiger partial charge in [0, 0.05) is 36.3 Å². The van der Waals surface area contributed by atoms with Gasteiger partial charge in [-0.3, -0.25) is 9.69 Å². The van der Waals surface area contributed by atoms with Crippen LogP contribution in [-0.4, -0.2) is 45.1 Å². The van der Waals surface area contributed by atoms with Crippen LogP contribution in [0.5, 0.6) is 0 Å². The molecule has 5 heteroatoms. The van der Waals surface area contributed by atoms with Crippen molar-refractivity contribution < 1.29 is 9.90 Å². The highest BCUT2D eigenvalue weighted by atomic mass is 16.4. The fourth-order valence-electron chi connectivity index (χ4n) is 4.25. The predicted molar refractivity (Wildman–Crippen MR) is 93.1 cm³/mol. The zero-order valence-electron chi connectivity index (χ0n) is 14.7. The maximum absolute atomic E-state index is 10.8.